The Balaban J connectivity index is 1.91. The Hall–Kier alpha value is -2.20. The second-order valence-corrected chi connectivity index (χ2v) is 7.79. The maximum atomic E-state index is 13.2. The van der Waals surface area contributed by atoms with Crippen molar-refractivity contribution in [2.45, 2.75) is 38.5 Å². The molecular weight excluding hydrogens is 390 g/mol. The molecule has 0 bridgehead atoms. The molecule has 0 saturated heterocycles. The normalized spacial score (nSPS) is 20.4. The van der Waals surface area contributed by atoms with Gasteiger partial charge in [0.2, 0.25) is 5.91 Å². The van der Waals surface area contributed by atoms with Gasteiger partial charge in [0.15, 0.2) is 5.78 Å². The highest BCUT2D eigenvalue weighted by Gasteiger charge is 2.40. The van der Waals surface area contributed by atoms with E-state index in [0.29, 0.717) is 12.8 Å². The molecule has 0 aromatic heterocycles. The third-order valence-electron chi connectivity index (χ3n) is 5.33. The van der Waals surface area contributed by atoms with Gasteiger partial charge in [-0.05, 0) is 59.0 Å². The van der Waals surface area contributed by atoms with Crippen LogP contribution >= 0.6 is 15.9 Å². The highest BCUT2D eigenvalue weighted by Crippen LogP contribution is 2.45. The van der Waals surface area contributed by atoms with Crippen LogP contribution in [0, 0.1) is 6.92 Å². The number of halogens is 1. The number of aryl methyl sites for hydroxylation is 1. The first kappa shape index (κ1) is 17.2. The predicted octanol–water partition coefficient (Wildman–Crippen LogP) is 5.29. The number of para-hydroxylation sites is 1. The molecule has 1 atom stereocenters. The summed E-state index contributed by atoms with van der Waals surface area (Å²) in [4.78, 5) is 27.8. The Morgan fingerprint density at radius 2 is 1.73 bits per heavy atom. The number of amides is 1. The third kappa shape index (κ3) is 2.82. The van der Waals surface area contributed by atoms with Crippen molar-refractivity contribution < 1.29 is 9.59 Å². The Kier molecular flexibility index (Phi) is 4.53. The number of benzene rings is 2. The van der Waals surface area contributed by atoms with Gasteiger partial charge in [0.05, 0.1) is 5.69 Å². The van der Waals surface area contributed by atoms with E-state index >= 15 is 0 Å². The number of hydrogen-bond donors (Lipinski definition) is 0. The molecule has 3 nitrogen and oxygen atoms in total. The van der Waals surface area contributed by atoms with E-state index in [-0.39, 0.29) is 17.6 Å². The summed E-state index contributed by atoms with van der Waals surface area (Å²) in [5.41, 5.74) is 4.77. The van der Waals surface area contributed by atoms with Crippen molar-refractivity contribution in [3.05, 3.63) is 75.4 Å². The van der Waals surface area contributed by atoms with Gasteiger partial charge in [-0.25, -0.2) is 0 Å². The summed E-state index contributed by atoms with van der Waals surface area (Å²) in [7, 11) is 0. The van der Waals surface area contributed by atoms with Crippen molar-refractivity contribution in [1.82, 2.24) is 0 Å². The number of rotatable bonds is 2. The number of nitrogens with zero attached hydrogens (tertiary/aromatic N) is 1. The summed E-state index contributed by atoms with van der Waals surface area (Å²) in [5.74, 6) is 0.105. The molecule has 132 valence electrons. The third-order valence-corrected chi connectivity index (χ3v) is 6.00. The second kappa shape index (κ2) is 6.84. The number of Topliss-reactive ketones (excluding diaryl/α,β-unsaturated/α-hetero) is 1. The first-order valence-corrected chi connectivity index (χ1v) is 9.76. The van der Waals surface area contributed by atoms with Crippen LogP contribution in [0.1, 0.15) is 42.7 Å². The standard InChI is InChI=1S/C22H20BrNO2/c1-14-7-2-3-8-15(14)16-13-21(26)24(18-10-5-4-9-17(18)23)19-11-6-12-20(25)22(16)19/h2-5,7-10,16H,6,11-13H2,1H3. The van der Waals surface area contributed by atoms with Crippen LogP contribution in [0.25, 0.3) is 0 Å². The van der Waals surface area contributed by atoms with Crippen molar-refractivity contribution in [1.29, 1.82) is 0 Å². The first-order chi connectivity index (χ1) is 12.6. The average Bonchev–Trinajstić information content (AvgIpc) is 2.63. The van der Waals surface area contributed by atoms with E-state index in [2.05, 4.69) is 15.9 Å². The Labute approximate surface area is 161 Å². The van der Waals surface area contributed by atoms with E-state index < -0.39 is 0 Å². The molecule has 26 heavy (non-hydrogen) atoms. The molecule has 0 radical (unpaired) electrons. The topological polar surface area (TPSA) is 37.4 Å². The van der Waals surface area contributed by atoms with Crippen LogP contribution in [-0.2, 0) is 9.59 Å². The van der Waals surface area contributed by atoms with Crippen molar-refractivity contribution in [2.75, 3.05) is 4.90 Å². The Bertz CT molecular complexity index is 931. The monoisotopic (exact) mass is 409 g/mol. The number of anilines is 1. The van der Waals surface area contributed by atoms with Gasteiger partial charge in [-0.1, -0.05) is 36.4 Å². The van der Waals surface area contributed by atoms with Crippen molar-refractivity contribution in [3.8, 4) is 0 Å². The van der Waals surface area contributed by atoms with Crippen molar-refractivity contribution >= 4 is 33.3 Å². The number of carbonyl (C=O) groups excluding carboxylic acids is 2. The lowest BCUT2D eigenvalue weighted by Crippen LogP contribution is -2.40. The highest BCUT2D eigenvalue weighted by atomic mass is 79.9. The molecule has 0 saturated carbocycles. The molecule has 4 rings (SSSR count). The number of carbonyl (C=O) groups is 2. The van der Waals surface area contributed by atoms with Crippen LogP contribution < -0.4 is 4.90 Å². The first-order valence-electron chi connectivity index (χ1n) is 8.97. The molecule has 2 aliphatic rings. The van der Waals surface area contributed by atoms with Crippen molar-refractivity contribution in [2.24, 2.45) is 0 Å². The summed E-state index contributed by atoms with van der Waals surface area (Å²) in [6.45, 7) is 2.05. The minimum absolute atomic E-state index is 0.0543. The smallest absolute Gasteiger partial charge is 0.232 e. The molecule has 2 aromatic carbocycles. The van der Waals surface area contributed by atoms with E-state index in [4.69, 9.17) is 0 Å². The van der Waals surface area contributed by atoms with Crippen LogP contribution in [0.2, 0.25) is 0 Å². The zero-order valence-corrected chi connectivity index (χ0v) is 16.3. The fourth-order valence-corrected chi connectivity index (χ4v) is 4.61. The van der Waals surface area contributed by atoms with E-state index in [1.807, 2.05) is 55.5 Å². The summed E-state index contributed by atoms with van der Waals surface area (Å²) < 4.78 is 0.868. The van der Waals surface area contributed by atoms with Crippen LogP contribution in [0.15, 0.2) is 64.3 Å². The molecule has 1 heterocycles. The maximum absolute atomic E-state index is 13.2. The number of allylic oxidation sites excluding steroid dienone is 2. The van der Waals surface area contributed by atoms with Crippen LogP contribution in [0.4, 0.5) is 5.69 Å². The fourth-order valence-electron chi connectivity index (χ4n) is 4.15. The van der Waals surface area contributed by atoms with Gasteiger partial charge in [0, 0.05) is 34.5 Å². The van der Waals surface area contributed by atoms with Gasteiger partial charge in [-0.2, -0.15) is 0 Å². The summed E-state index contributed by atoms with van der Waals surface area (Å²) >= 11 is 3.56. The minimum atomic E-state index is -0.134. The van der Waals surface area contributed by atoms with Crippen LogP contribution in [-0.4, -0.2) is 11.7 Å². The second-order valence-electron chi connectivity index (χ2n) is 6.93. The minimum Gasteiger partial charge on any atom is -0.294 e. The molecule has 2 aromatic rings. The van der Waals surface area contributed by atoms with Gasteiger partial charge in [0.1, 0.15) is 0 Å². The zero-order valence-electron chi connectivity index (χ0n) is 14.7. The molecular formula is C22H20BrNO2. The van der Waals surface area contributed by atoms with E-state index in [0.717, 1.165) is 45.4 Å². The summed E-state index contributed by atoms with van der Waals surface area (Å²) in [6.07, 6.45) is 2.46. The van der Waals surface area contributed by atoms with Gasteiger partial charge >= 0.3 is 0 Å². The molecule has 1 unspecified atom stereocenters. The van der Waals surface area contributed by atoms with Crippen LogP contribution in [0.5, 0.6) is 0 Å². The summed E-state index contributed by atoms with van der Waals surface area (Å²) in [5, 5.41) is 0. The quantitative estimate of drug-likeness (QED) is 0.675. The van der Waals surface area contributed by atoms with Crippen LogP contribution in [0.3, 0.4) is 0 Å². The zero-order chi connectivity index (χ0) is 18.3. The van der Waals surface area contributed by atoms with Gasteiger partial charge < -0.3 is 0 Å². The predicted molar refractivity (Wildman–Crippen MR) is 106 cm³/mol. The summed E-state index contributed by atoms with van der Waals surface area (Å²) in [6, 6.07) is 15.8. The lowest BCUT2D eigenvalue weighted by Gasteiger charge is -2.39. The number of ketones is 1. The molecule has 0 spiro atoms. The molecule has 4 heteroatoms. The molecule has 0 N–H and O–H groups in total. The lowest BCUT2D eigenvalue weighted by atomic mass is 9.76. The van der Waals surface area contributed by atoms with Gasteiger partial charge in [-0.3, -0.25) is 14.5 Å². The van der Waals surface area contributed by atoms with Crippen molar-refractivity contribution in [3.63, 3.8) is 0 Å². The average molecular weight is 410 g/mol. The largest absolute Gasteiger partial charge is 0.294 e. The number of hydrogen-bond acceptors (Lipinski definition) is 2. The Morgan fingerprint density at radius 3 is 2.50 bits per heavy atom. The molecule has 1 aliphatic carbocycles. The molecule has 1 aliphatic heterocycles. The Morgan fingerprint density at radius 1 is 1.00 bits per heavy atom. The maximum Gasteiger partial charge on any atom is 0.232 e. The fraction of sp³-hybridized carbons (Fsp3) is 0.273. The molecule has 0 fully saturated rings. The lowest BCUT2D eigenvalue weighted by molar-refractivity contribution is -0.119. The molecule has 1 amide bonds. The highest BCUT2D eigenvalue weighted by molar-refractivity contribution is 9.10. The van der Waals surface area contributed by atoms with E-state index in [1.165, 1.54) is 0 Å². The van der Waals surface area contributed by atoms with Gasteiger partial charge in [0.25, 0.3) is 0 Å². The SMILES string of the molecule is Cc1ccccc1C1CC(=O)N(c2ccccc2Br)C2=C1C(=O)CCC2. The van der Waals surface area contributed by atoms with Gasteiger partial charge in [-0.15, -0.1) is 0 Å². The van der Waals surface area contributed by atoms with E-state index in [9.17, 15) is 9.59 Å². The van der Waals surface area contributed by atoms with E-state index in [1.54, 1.807) is 4.90 Å².